The van der Waals surface area contributed by atoms with Gasteiger partial charge in [-0.2, -0.15) is 0 Å². The van der Waals surface area contributed by atoms with E-state index < -0.39 is 11.6 Å². The second-order valence-electron chi connectivity index (χ2n) is 9.69. The highest BCUT2D eigenvalue weighted by Gasteiger charge is 2.56. The molecule has 7 heteroatoms. The van der Waals surface area contributed by atoms with Crippen LogP contribution in [0.15, 0.2) is 48.5 Å². The fourth-order valence-electron chi connectivity index (χ4n) is 5.52. The Morgan fingerprint density at radius 1 is 1.21 bits per heavy atom. The molecular weight excluding hydrogens is 430 g/mol. The van der Waals surface area contributed by atoms with Gasteiger partial charge in [-0.3, -0.25) is 14.5 Å². The molecule has 1 aliphatic heterocycles. The summed E-state index contributed by atoms with van der Waals surface area (Å²) in [4.78, 5) is 43.1. The number of aryl methyl sites for hydroxylation is 1. The number of rotatable bonds is 7. The van der Waals surface area contributed by atoms with Crippen molar-refractivity contribution in [1.82, 2.24) is 15.1 Å². The van der Waals surface area contributed by atoms with Crippen LogP contribution in [0.4, 0.5) is 4.79 Å². The van der Waals surface area contributed by atoms with Crippen molar-refractivity contribution in [3.63, 3.8) is 0 Å². The van der Waals surface area contributed by atoms with E-state index >= 15 is 0 Å². The van der Waals surface area contributed by atoms with E-state index in [0.29, 0.717) is 31.1 Å². The molecule has 2 aromatic rings. The summed E-state index contributed by atoms with van der Waals surface area (Å²) in [7, 11) is 1.58. The molecule has 1 spiro atoms. The largest absolute Gasteiger partial charge is 0.497 e. The number of fused-ring (bicyclic) bond motifs is 2. The lowest BCUT2D eigenvalue weighted by Crippen LogP contribution is -2.49. The Morgan fingerprint density at radius 3 is 2.65 bits per heavy atom. The zero-order valence-corrected chi connectivity index (χ0v) is 19.8. The second-order valence-corrected chi connectivity index (χ2v) is 9.69. The Morgan fingerprint density at radius 2 is 1.97 bits per heavy atom. The van der Waals surface area contributed by atoms with Gasteiger partial charge in [-0.25, -0.2) is 4.79 Å². The fourth-order valence-corrected chi connectivity index (χ4v) is 5.52. The third-order valence-electron chi connectivity index (χ3n) is 7.86. The standard InChI is InChI=1S/C27H31N3O4/c1-18(20-9-6-10-20)29(16-19-7-4-3-5-8-19)24(31)17-30-25(32)27(28-26(30)33)14-13-21-11-12-22(34-2)15-23(21)27/h3-5,7-8,11-12,15,18,20H,6,9-10,13-14,16-17H2,1-2H3,(H,28,33). The maximum Gasteiger partial charge on any atom is 0.325 e. The maximum atomic E-state index is 13.6. The minimum absolute atomic E-state index is 0.0488. The molecule has 0 radical (unpaired) electrons. The van der Waals surface area contributed by atoms with Crippen LogP contribution in [0.1, 0.15) is 49.3 Å². The monoisotopic (exact) mass is 461 g/mol. The molecule has 0 bridgehead atoms. The smallest absolute Gasteiger partial charge is 0.325 e. The van der Waals surface area contributed by atoms with Crippen molar-refractivity contribution in [2.45, 2.75) is 57.2 Å². The van der Waals surface area contributed by atoms with E-state index in [0.717, 1.165) is 34.4 Å². The molecule has 1 saturated carbocycles. The highest BCUT2D eigenvalue weighted by molar-refractivity contribution is 6.10. The van der Waals surface area contributed by atoms with Crippen LogP contribution in [0.5, 0.6) is 5.75 Å². The second kappa shape index (κ2) is 8.78. The molecule has 2 unspecified atom stereocenters. The lowest BCUT2D eigenvalue weighted by molar-refractivity contribution is -0.142. The number of benzene rings is 2. The van der Waals surface area contributed by atoms with E-state index in [2.05, 4.69) is 12.2 Å². The summed E-state index contributed by atoms with van der Waals surface area (Å²) in [5.74, 6) is 0.540. The third-order valence-corrected chi connectivity index (χ3v) is 7.86. The van der Waals surface area contributed by atoms with Gasteiger partial charge in [0.05, 0.1) is 7.11 Å². The molecule has 178 valence electrons. The average molecular weight is 462 g/mol. The Balaban J connectivity index is 1.38. The highest BCUT2D eigenvalue weighted by Crippen LogP contribution is 2.43. The van der Waals surface area contributed by atoms with E-state index in [1.54, 1.807) is 7.11 Å². The Kier molecular flexibility index (Phi) is 5.80. The van der Waals surface area contributed by atoms with Gasteiger partial charge in [-0.1, -0.05) is 42.8 Å². The quantitative estimate of drug-likeness (QED) is 0.639. The van der Waals surface area contributed by atoms with Gasteiger partial charge in [0.15, 0.2) is 0 Å². The minimum atomic E-state index is -1.12. The maximum absolute atomic E-state index is 13.6. The molecule has 2 aromatic carbocycles. The minimum Gasteiger partial charge on any atom is -0.497 e. The van der Waals surface area contributed by atoms with Crippen molar-refractivity contribution >= 4 is 17.8 Å². The van der Waals surface area contributed by atoms with Crippen LogP contribution in [0.25, 0.3) is 0 Å². The van der Waals surface area contributed by atoms with Crippen molar-refractivity contribution in [2.24, 2.45) is 5.92 Å². The fraction of sp³-hybridized carbons (Fsp3) is 0.444. The Hall–Kier alpha value is -3.35. The molecular formula is C27H31N3O4. The SMILES string of the molecule is COc1ccc2c(c1)C1(CC2)NC(=O)N(CC(=O)N(Cc2ccccc2)C(C)C2CCC2)C1=O. The Labute approximate surface area is 200 Å². The number of hydrogen-bond donors (Lipinski definition) is 1. The van der Waals surface area contributed by atoms with Crippen molar-refractivity contribution in [3.05, 3.63) is 65.2 Å². The van der Waals surface area contributed by atoms with E-state index in [1.807, 2.05) is 53.4 Å². The van der Waals surface area contributed by atoms with Gasteiger partial charge in [0.25, 0.3) is 5.91 Å². The lowest BCUT2D eigenvalue weighted by Gasteiger charge is -2.39. The molecule has 4 amide bonds. The molecule has 34 heavy (non-hydrogen) atoms. The first-order valence-corrected chi connectivity index (χ1v) is 12.1. The summed E-state index contributed by atoms with van der Waals surface area (Å²) in [6.45, 7) is 2.29. The first kappa shape index (κ1) is 22.4. The van der Waals surface area contributed by atoms with Crippen molar-refractivity contribution < 1.29 is 19.1 Å². The first-order valence-electron chi connectivity index (χ1n) is 12.1. The predicted octanol–water partition coefficient (Wildman–Crippen LogP) is 3.61. The van der Waals surface area contributed by atoms with Crippen molar-refractivity contribution in [1.29, 1.82) is 0 Å². The van der Waals surface area contributed by atoms with Gasteiger partial charge in [-0.15, -0.1) is 0 Å². The van der Waals surface area contributed by atoms with Crippen LogP contribution in [-0.4, -0.2) is 47.3 Å². The van der Waals surface area contributed by atoms with Gasteiger partial charge in [0.2, 0.25) is 5.91 Å². The third kappa shape index (κ3) is 3.73. The Bertz CT molecular complexity index is 1110. The molecule has 2 fully saturated rings. The van der Waals surface area contributed by atoms with Crippen LogP contribution < -0.4 is 10.1 Å². The predicted molar refractivity (Wildman–Crippen MR) is 127 cm³/mol. The van der Waals surface area contributed by atoms with Crippen LogP contribution >= 0.6 is 0 Å². The number of nitrogens with zero attached hydrogens (tertiary/aromatic N) is 2. The van der Waals surface area contributed by atoms with Gasteiger partial charge in [-0.05, 0) is 67.3 Å². The molecule has 5 rings (SSSR count). The molecule has 3 aliphatic rings. The summed E-state index contributed by atoms with van der Waals surface area (Å²) in [6, 6.07) is 15.0. The summed E-state index contributed by atoms with van der Waals surface area (Å²) in [5, 5.41) is 2.92. The number of carbonyl (C=O) groups is 3. The molecule has 1 saturated heterocycles. The zero-order chi connectivity index (χ0) is 23.9. The van der Waals surface area contributed by atoms with Gasteiger partial charge < -0.3 is 15.0 Å². The molecule has 1 heterocycles. The van der Waals surface area contributed by atoms with Gasteiger partial charge in [0, 0.05) is 12.6 Å². The molecule has 2 atom stereocenters. The van der Waals surface area contributed by atoms with Crippen LogP contribution in [-0.2, 0) is 28.1 Å². The number of amides is 4. The van der Waals surface area contributed by atoms with E-state index in [-0.39, 0.29) is 24.4 Å². The van der Waals surface area contributed by atoms with Crippen LogP contribution in [0, 0.1) is 5.92 Å². The normalized spacial score (nSPS) is 22.4. The molecule has 0 aromatic heterocycles. The van der Waals surface area contributed by atoms with E-state index in [1.165, 1.54) is 6.42 Å². The topological polar surface area (TPSA) is 79.0 Å². The first-order chi connectivity index (χ1) is 16.4. The number of carbonyl (C=O) groups excluding carboxylic acids is 3. The lowest BCUT2D eigenvalue weighted by atomic mass is 9.79. The summed E-state index contributed by atoms with van der Waals surface area (Å²) in [6.07, 6.45) is 4.55. The number of hydrogen-bond acceptors (Lipinski definition) is 4. The zero-order valence-electron chi connectivity index (χ0n) is 19.8. The molecule has 2 aliphatic carbocycles. The molecule has 7 nitrogen and oxygen atoms in total. The van der Waals surface area contributed by atoms with Crippen molar-refractivity contribution in [3.8, 4) is 5.75 Å². The van der Waals surface area contributed by atoms with Gasteiger partial charge >= 0.3 is 6.03 Å². The number of urea groups is 1. The number of imide groups is 1. The number of ether oxygens (including phenoxy) is 1. The summed E-state index contributed by atoms with van der Waals surface area (Å²) < 4.78 is 5.35. The van der Waals surface area contributed by atoms with Gasteiger partial charge in [0.1, 0.15) is 17.8 Å². The summed E-state index contributed by atoms with van der Waals surface area (Å²) in [5.41, 5.74) is 1.70. The van der Waals surface area contributed by atoms with E-state index in [4.69, 9.17) is 4.74 Å². The number of methoxy groups -OCH3 is 1. The summed E-state index contributed by atoms with van der Waals surface area (Å²) >= 11 is 0. The highest BCUT2D eigenvalue weighted by atomic mass is 16.5. The average Bonchev–Trinajstić information content (AvgIpc) is 3.29. The van der Waals surface area contributed by atoms with E-state index in [9.17, 15) is 14.4 Å². The van der Waals surface area contributed by atoms with Crippen molar-refractivity contribution in [2.75, 3.05) is 13.7 Å². The molecule has 1 N–H and O–H groups in total. The van der Waals surface area contributed by atoms with Crippen LogP contribution in [0.2, 0.25) is 0 Å². The van der Waals surface area contributed by atoms with Crippen LogP contribution in [0.3, 0.4) is 0 Å². The number of nitrogens with one attached hydrogen (secondary N) is 1.